The van der Waals surface area contributed by atoms with Gasteiger partial charge in [-0.25, -0.2) is 0 Å². The van der Waals surface area contributed by atoms with Gasteiger partial charge in [-0.05, 0) is 38.8 Å². The van der Waals surface area contributed by atoms with E-state index in [1.807, 2.05) is 26.0 Å². The zero-order valence-corrected chi connectivity index (χ0v) is 14.2. The summed E-state index contributed by atoms with van der Waals surface area (Å²) in [7, 11) is 1.57. The van der Waals surface area contributed by atoms with Crippen LogP contribution in [0.1, 0.15) is 41.8 Å². The summed E-state index contributed by atoms with van der Waals surface area (Å²) in [5, 5.41) is 0. The number of aryl methyl sites for hydroxylation is 1. The number of methoxy groups -OCH3 is 1. The van der Waals surface area contributed by atoms with E-state index in [1.165, 1.54) is 0 Å². The summed E-state index contributed by atoms with van der Waals surface area (Å²) >= 11 is 0. The number of benzene rings is 1. The van der Waals surface area contributed by atoms with Crippen molar-refractivity contribution in [2.45, 2.75) is 33.6 Å². The molecule has 0 amide bonds. The van der Waals surface area contributed by atoms with E-state index < -0.39 is 11.4 Å². The summed E-state index contributed by atoms with van der Waals surface area (Å²) in [6, 6.07) is 3.69. The van der Waals surface area contributed by atoms with Gasteiger partial charge in [0.25, 0.3) is 0 Å². The van der Waals surface area contributed by atoms with Gasteiger partial charge < -0.3 is 14.2 Å². The Morgan fingerprint density at radius 1 is 1.26 bits per heavy atom. The highest BCUT2D eigenvalue weighted by Gasteiger charge is 2.53. The van der Waals surface area contributed by atoms with Crippen molar-refractivity contribution in [3.63, 3.8) is 0 Å². The Kier molecular flexibility index (Phi) is 5.42. The van der Waals surface area contributed by atoms with Gasteiger partial charge in [0.1, 0.15) is 11.2 Å². The highest BCUT2D eigenvalue weighted by molar-refractivity contribution is 6.17. The lowest BCUT2D eigenvalue weighted by Gasteiger charge is -2.24. The topological polar surface area (TPSA) is 61.8 Å². The average Bonchev–Trinajstić information content (AvgIpc) is 2.83. The minimum absolute atomic E-state index is 0.179. The lowest BCUT2D eigenvalue weighted by atomic mass is 9.80. The van der Waals surface area contributed by atoms with Crippen molar-refractivity contribution in [2.75, 3.05) is 26.9 Å². The van der Waals surface area contributed by atoms with Crippen LogP contribution in [0, 0.1) is 12.3 Å². The molecule has 0 aliphatic heterocycles. The van der Waals surface area contributed by atoms with Gasteiger partial charge in [0, 0.05) is 30.8 Å². The zero-order chi connectivity index (χ0) is 17.0. The smallest absolute Gasteiger partial charge is 0.320 e. The molecule has 1 unspecified atom stereocenters. The Morgan fingerprint density at radius 3 is 2.61 bits per heavy atom. The average molecular weight is 320 g/mol. The van der Waals surface area contributed by atoms with E-state index in [4.69, 9.17) is 14.2 Å². The number of ether oxygens (including phenoxy) is 3. The van der Waals surface area contributed by atoms with E-state index >= 15 is 0 Å². The van der Waals surface area contributed by atoms with Crippen LogP contribution in [-0.4, -0.2) is 38.7 Å². The number of hydrogen-bond donors (Lipinski definition) is 0. The van der Waals surface area contributed by atoms with Crippen molar-refractivity contribution in [2.24, 2.45) is 5.41 Å². The highest BCUT2D eigenvalue weighted by atomic mass is 16.5. The van der Waals surface area contributed by atoms with Gasteiger partial charge in [0.2, 0.25) is 0 Å². The molecule has 0 radical (unpaired) electrons. The molecule has 0 N–H and O–H groups in total. The first-order chi connectivity index (χ1) is 11.0. The molecule has 126 valence electrons. The summed E-state index contributed by atoms with van der Waals surface area (Å²) < 4.78 is 16.0. The van der Waals surface area contributed by atoms with E-state index in [-0.39, 0.29) is 12.4 Å². The summed E-state index contributed by atoms with van der Waals surface area (Å²) in [6.07, 6.45) is 0.619. The predicted octanol–water partition coefficient (Wildman–Crippen LogP) is 2.72. The molecular weight excluding hydrogens is 296 g/mol. The van der Waals surface area contributed by atoms with Gasteiger partial charge in [0.15, 0.2) is 5.78 Å². The second kappa shape index (κ2) is 7.13. The van der Waals surface area contributed by atoms with E-state index in [0.29, 0.717) is 37.4 Å². The second-order valence-electron chi connectivity index (χ2n) is 5.69. The molecule has 1 aliphatic carbocycles. The molecule has 0 fully saturated rings. The first kappa shape index (κ1) is 17.5. The minimum Gasteiger partial charge on any atom is -0.496 e. The third-order valence-electron chi connectivity index (χ3n) is 4.38. The number of carbonyl (C=O) groups excluding carboxylic acids is 2. The zero-order valence-electron chi connectivity index (χ0n) is 14.2. The van der Waals surface area contributed by atoms with Gasteiger partial charge in [-0.3, -0.25) is 9.59 Å². The number of Topliss-reactive ketones (excluding diaryl/α,β-unsaturated/α-hetero) is 1. The van der Waals surface area contributed by atoms with Crippen LogP contribution in [0.4, 0.5) is 0 Å². The van der Waals surface area contributed by atoms with Crippen LogP contribution < -0.4 is 4.74 Å². The summed E-state index contributed by atoms with van der Waals surface area (Å²) in [5.74, 6) is -0.00839. The Morgan fingerprint density at radius 2 is 2.00 bits per heavy atom. The molecule has 0 saturated heterocycles. The second-order valence-corrected chi connectivity index (χ2v) is 5.69. The van der Waals surface area contributed by atoms with E-state index in [2.05, 4.69) is 0 Å². The fourth-order valence-electron chi connectivity index (χ4n) is 3.18. The van der Waals surface area contributed by atoms with Crippen LogP contribution in [0.15, 0.2) is 12.1 Å². The lowest BCUT2D eigenvalue weighted by molar-refractivity contribution is -0.153. The Balaban J connectivity index is 2.47. The largest absolute Gasteiger partial charge is 0.496 e. The van der Waals surface area contributed by atoms with Crippen molar-refractivity contribution in [3.8, 4) is 5.75 Å². The van der Waals surface area contributed by atoms with Crippen molar-refractivity contribution < 1.29 is 23.8 Å². The molecular formula is C18H24O5. The summed E-state index contributed by atoms with van der Waals surface area (Å²) in [6.45, 7) is 6.63. The van der Waals surface area contributed by atoms with Gasteiger partial charge in [-0.2, -0.15) is 0 Å². The normalized spacial score (nSPS) is 19.6. The van der Waals surface area contributed by atoms with Crippen molar-refractivity contribution in [1.82, 2.24) is 0 Å². The maximum atomic E-state index is 13.1. The molecule has 1 aliphatic rings. The maximum Gasteiger partial charge on any atom is 0.320 e. The molecule has 0 aromatic heterocycles. The molecule has 1 aromatic carbocycles. The molecule has 0 heterocycles. The number of hydrogen-bond acceptors (Lipinski definition) is 5. The molecule has 5 heteroatoms. The first-order valence-corrected chi connectivity index (χ1v) is 7.98. The monoisotopic (exact) mass is 320 g/mol. The fourth-order valence-corrected chi connectivity index (χ4v) is 3.18. The van der Waals surface area contributed by atoms with Crippen molar-refractivity contribution in [1.29, 1.82) is 0 Å². The molecule has 2 rings (SSSR count). The van der Waals surface area contributed by atoms with E-state index in [0.717, 1.165) is 11.1 Å². The van der Waals surface area contributed by atoms with Gasteiger partial charge in [0.05, 0.1) is 13.7 Å². The number of ketones is 1. The molecule has 0 saturated carbocycles. The number of carbonyl (C=O) groups is 2. The van der Waals surface area contributed by atoms with Crippen LogP contribution in [0.5, 0.6) is 5.75 Å². The van der Waals surface area contributed by atoms with Crippen LogP contribution >= 0.6 is 0 Å². The van der Waals surface area contributed by atoms with Crippen LogP contribution in [0.25, 0.3) is 0 Å². The maximum absolute atomic E-state index is 13.1. The van der Waals surface area contributed by atoms with Gasteiger partial charge >= 0.3 is 5.97 Å². The number of esters is 1. The quantitative estimate of drug-likeness (QED) is 0.439. The van der Waals surface area contributed by atoms with Gasteiger partial charge in [-0.15, -0.1) is 0 Å². The third-order valence-corrected chi connectivity index (χ3v) is 4.38. The van der Waals surface area contributed by atoms with Crippen LogP contribution in [0.2, 0.25) is 0 Å². The van der Waals surface area contributed by atoms with Gasteiger partial charge in [-0.1, -0.05) is 6.07 Å². The standard InChI is InChI=1S/C18H24O5/c1-5-22-10-9-18(17(20)23-6-2)11-13-14(21-4)8-7-12(3)15(13)16(18)19/h7-8H,5-6,9-11H2,1-4H3. The number of fused-ring (bicyclic) bond motifs is 1. The molecule has 0 spiro atoms. The molecule has 0 bridgehead atoms. The summed E-state index contributed by atoms with van der Waals surface area (Å²) in [5.41, 5.74) is 1.04. The Labute approximate surface area is 136 Å². The highest BCUT2D eigenvalue weighted by Crippen LogP contribution is 2.45. The molecule has 5 nitrogen and oxygen atoms in total. The Bertz CT molecular complexity index is 608. The van der Waals surface area contributed by atoms with Crippen molar-refractivity contribution in [3.05, 3.63) is 28.8 Å². The molecule has 23 heavy (non-hydrogen) atoms. The van der Waals surface area contributed by atoms with Crippen molar-refractivity contribution >= 4 is 11.8 Å². The minimum atomic E-state index is -1.20. The molecule has 1 atom stereocenters. The fraction of sp³-hybridized carbons (Fsp3) is 0.556. The van der Waals surface area contributed by atoms with E-state index in [9.17, 15) is 9.59 Å². The lowest BCUT2D eigenvalue weighted by Crippen LogP contribution is -2.40. The Hall–Kier alpha value is -1.88. The molecule has 1 aromatic rings. The van der Waals surface area contributed by atoms with E-state index in [1.54, 1.807) is 14.0 Å². The SMILES string of the molecule is CCOCCC1(C(=O)OCC)Cc2c(OC)ccc(C)c2C1=O. The predicted molar refractivity (Wildman–Crippen MR) is 85.9 cm³/mol. The van der Waals surface area contributed by atoms with Crippen LogP contribution in [-0.2, 0) is 20.7 Å². The van der Waals surface area contributed by atoms with Crippen LogP contribution in [0.3, 0.4) is 0 Å². The number of rotatable bonds is 7. The third kappa shape index (κ3) is 2.98. The summed E-state index contributed by atoms with van der Waals surface area (Å²) in [4.78, 5) is 25.7. The first-order valence-electron chi connectivity index (χ1n) is 7.98.